The van der Waals surface area contributed by atoms with E-state index in [0.29, 0.717) is 5.02 Å². The number of nitrogens with zero attached hydrogens (tertiary/aromatic N) is 1. The maximum atomic E-state index is 12.0. The van der Waals surface area contributed by atoms with Crippen LogP contribution >= 0.6 is 23.2 Å². The van der Waals surface area contributed by atoms with Crippen LogP contribution in [0, 0.1) is 0 Å². The molecule has 1 aliphatic rings. The maximum absolute atomic E-state index is 12.0. The van der Waals surface area contributed by atoms with Gasteiger partial charge in [0, 0.05) is 17.1 Å². The van der Waals surface area contributed by atoms with Crippen LogP contribution in [0.15, 0.2) is 18.2 Å². The van der Waals surface area contributed by atoms with Crippen LogP contribution in [-0.2, 0) is 14.3 Å². The standard InChI is InChI=1S/C16H16Cl2N2O5/c1-16(2)14(23)20(15(24)19-16)6-5-13(22)25-8-12(21)10-4-3-9(17)7-11(10)18/h3-4,7H,5-6,8H2,1-2H3,(H,19,24). The lowest BCUT2D eigenvalue weighted by atomic mass is 10.1. The van der Waals surface area contributed by atoms with Gasteiger partial charge in [-0.15, -0.1) is 0 Å². The van der Waals surface area contributed by atoms with E-state index < -0.39 is 35.8 Å². The number of imide groups is 1. The zero-order chi connectivity index (χ0) is 18.8. The van der Waals surface area contributed by atoms with Crippen LogP contribution in [0.5, 0.6) is 0 Å². The number of urea groups is 1. The number of Topliss-reactive ketones (excluding diaryl/α,β-unsaturated/α-hetero) is 1. The average Bonchev–Trinajstić information content (AvgIpc) is 2.71. The van der Waals surface area contributed by atoms with Gasteiger partial charge in [-0.25, -0.2) is 4.79 Å². The summed E-state index contributed by atoms with van der Waals surface area (Å²) in [5.41, 5.74) is -0.808. The van der Waals surface area contributed by atoms with Gasteiger partial charge in [0.25, 0.3) is 5.91 Å². The predicted octanol–water partition coefficient (Wildman–Crippen LogP) is 2.44. The summed E-state index contributed by atoms with van der Waals surface area (Å²) in [6.45, 7) is 2.52. The first-order chi connectivity index (χ1) is 11.6. The third-order valence-corrected chi connectivity index (χ3v) is 4.13. The van der Waals surface area contributed by atoms with Gasteiger partial charge in [0.1, 0.15) is 5.54 Å². The second kappa shape index (κ2) is 7.41. The summed E-state index contributed by atoms with van der Waals surface area (Å²) in [5, 5.41) is 3.05. The zero-order valence-electron chi connectivity index (χ0n) is 13.6. The first kappa shape index (κ1) is 19.2. The van der Waals surface area contributed by atoms with Gasteiger partial charge in [-0.1, -0.05) is 23.2 Å². The van der Waals surface area contributed by atoms with Crippen LogP contribution in [0.4, 0.5) is 4.79 Å². The van der Waals surface area contributed by atoms with Crippen LogP contribution in [0.1, 0.15) is 30.6 Å². The number of rotatable bonds is 6. The highest BCUT2D eigenvalue weighted by molar-refractivity contribution is 6.36. The van der Waals surface area contributed by atoms with Crippen molar-refractivity contribution in [3.05, 3.63) is 33.8 Å². The van der Waals surface area contributed by atoms with E-state index in [1.807, 2.05) is 0 Å². The molecule has 1 saturated heterocycles. The molecule has 3 amide bonds. The van der Waals surface area contributed by atoms with Gasteiger partial charge in [0.05, 0.1) is 11.4 Å². The second-order valence-corrected chi connectivity index (χ2v) is 6.81. The molecular formula is C16H16Cl2N2O5. The smallest absolute Gasteiger partial charge is 0.325 e. The van der Waals surface area contributed by atoms with Crippen LogP contribution < -0.4 is 5.32 Å². The number of hydrogen-bond donors (Lipinski definition) is 1. The number of carbonyl (C=O) groups is 4. The molecule has 25 heavy (non-hydrogen) atoms. The molecule has 0 radical (unpaired) electrons. The third kappa shape index (κ3) is 4.49. The average molecular weight is 387 g/mol. The van der Waals surface area contributed by atoms with Crippen molar-refractivity contribution >= 4 is 46.9 Å². The van der Waals surface area contributed by atoms with Gasteiger partial charge in [-0.05, 0) is 32.0 Å². The third-order valence-electron chi connectivity index (χ3n) is 3.58. The number of amides is 3. The fourth-order valence-corrected chi connectivity index (χ4v) is 2.75. The molecule has 0 spiro atoms. The summed E-state index contributed by atoms with van der Waals surface area (Å²) >= 11 is 11.7. The number of ether oxygens (including phenoxy) is 1. The molecular weight excluding hydrogens is 371 g/mol. The van der Waals surface area contributed by atoms with Gasteiger partial charge >= 0.3 is 12.0 Å². The second-order valence-electron chi connectivity index (χ2n) is 5.97. The zero-order valence-corrected chi connectivity index (χ0v) is 15.1. The largest absolute Gasteiger partial charge is 0.457 e. The van der Waals surface area contributed by atoms with E-state index in [0.717, 1.165) is 4.90 Å². The van der Waals surface area contributed by atoms with Crippen LogP contribution in [0.3, 0.4) is 0 Å². The van der Waals surface area contributed by atoms with Crippen LogP contribution in [0.2, 0.25) is 10.0 Å². The molecule has 1 aromatic carbocycles. The lowest BCUT2D eigenvalue weighted by Crippen LogP contribution is -2.40. The minimum atomic E-state index is -0.998. The lowest BCUT2D eigenvalue weighted by molar-refractivity contribution is -0.143. The molecule has 1 aliphatic heterocycles. The Kier molecular flexibility index (Phi) is 5.69. The summed E-state index contributed by atoms with van der Waals surface area (Å²) in [7, 11) is 0. The lowest BCUT2D eigenvalue weighted by Gasteiger charge is -2.15. The van der Waals surface area contributed by atoms with E-state index in [1.165, 1.54) is 18.2 Å². The minimum Gasteiger partial charge on any atom is -0.457 e. The first-order valence-corrected chi connectivity index (χ1v) is 8.15. The number of benzene rings is 1. The molecule has 0 aliphatic carbocycles. The van der Waals surface area contributed by atoms with Crippen molar-refractivity contribution in [2.24, 2.45) is 0 Å². The van der Waals surface area contributed by atoms with Crippen molar-refractivity contribution in [3.8, 4) is 0 Å². The molecule has 2 rings (SSSR count). The van der Waals surface area contributed by atoms with E-state index in [1.54, 1.807) is 13.8 Å². The molecule has 7 nitrogen and oxygen atoms in total. The first-order valence-electron chi connectivity index (χ1n) is 7.40. The molecule has 0 atom stereocenters. The van der Waals surface area contributed by atoms with Crippen LogP contribution in [-0.4, -0.2) is 47.3 Å². The molecule has 134 valence electrons. The van der Waals surface area contributed by atoms with Gasteiger partial charge in [-0.2, -0.15) is 0 Å². The Balaban J connectivity index is 1.84. The molecule has 0 aromatic heterocycles. The summed E-state index contributed by atoms with van der Waals surface area (Å²) < 4.78 is 4.88. The minimum absolute atomic E-state index is 0.122. The SMILES string of the molecule is CC1(C)NC(=O)N(CCC(=O)OCC(=O)c2ccc(Cl)cc2Cl)C1=O. The Morgan fingerprint density at radius 3 is 2.48 bits per heavy atom. The van der Waals surface area contributed by atoms with Crippen molar-refractivity contribution in [1.82, 2.24) is 10.2 Å². The summed E-state index contributed by atoms with van der Waals surface area (Å²) in [5.74, 6) is -1.61. The summed E-state index contributed by atoms with van der Waals surface area (Å²) in [6, 6.07) is 3.79. The Morgan fingerprint density at radius 1 is 1.24 bits per heavy atom. The Morgan fingerprint density at radius 2 is 1.92 bits per heavy atom. The van der Waals surface area contributed by atoms with Gasteiger partial charge in [-0.3, -0.25) is 19.3 Å². The number of esters is 1. The summed E-state index contributed by atoms with van der Waals surface area (Å²) in [4.78, 5) is 48.4. The Labute approximate surface area is 154 Å². The molecule has 9 heteroatoms. The summed E-state index contributed by atoms with van der Waals surface area (Å²) in [6.07, 6.45) is -0.211. The molecule has 1 fully saturated rings. The number of halogens is 2. The highest BCUT2D eigenvalue weighted by atomic mass is 35.5. The molecule has 0 unspecified atom stereocenters. The highest BCUT2D eigenvalue weighted by Gasteiger charge is 2.44. The van der Waals surface area contributed by atoms with Crippen molar-refractivity contribution < 1.29 is 23.9 Å². The maximum Gasteiger partial charge on any atom is 0.325 e. The van der Waals surface area contributed by atoms with Crippen LogP contribution in [0.25, 0.3) is 0 Å². The normalized spacial score (nSPS) is 15.9. The topological polar surface area (TPSA) is 92.8 Å². The molecule has 1 N–H and O–H groups in total. The van der Waals surface area contributed by atoms with E-state index >= 15 is 0 Å². The number of carbonyl (C=O) groups excluding carboxylic acids is 4. The molecule has 1 heterocycles. The molecule has 0 saturated carbocycles. The van der Waals surface area contributed by atoms with Gasteiger partial charge in [0.2, 0.25) is 5.78 Å². The molecule has 1 aromatic rings. The predicted molar refractivity (Wildman–Crippen MR) is 90.7 cm³/mol. The quantitative estimate of drug-likeness (QED) is 0.460. The van der Waals surface area contributed by atoms with E-state index in [2.05, 4.69) is 5.32 Å². The van der Waals surface area contributed by atoms with Gasteiger partial charge in [0.15, 0.2) is 6.61 Å². The van der Waals surface area contributed by atoms with E-state index in [-0.39, 0.29) is 23.6 Å². The number of nitrogens with one attached hydrogen (secondary N) is 1. The monoisotopic (exact) mass is 386 g/mol. The fraction of sp³-hybridized carbons (Fsp3) is 0.375. The fourth-order valence-electron chi connectivity index (χ4n) is 2.24. The van der Waals surface area contributed by atoms with Crippen molar-refractivity contribution in [3.63, 3.8) is 0 Å². The van der Waals surface area contributed by atoms with Crippen molar-refractivity contribution in [1.29, 1.82) is 0 Å². The van der Waals surface area contributed by atoms with Crippen molar-refractivity contribution in [2.45, 2.75) is 25.8 Å². The molecule has 0 bridgehead atoms. The number of hydrogen-bond acceptors (Lipinski definition) is 5. The van der Waals surface area contributed by atoms with Gasteiger partial charge < -0.3 is 10.1 Å². The Bertz CT molecular complexity index is 748. The van der Waals surface area contributed by atoms with Crippen molar-refractivity contribution in [2.75, 3.05) is 13.2 Å². The highest BCUT2D eigenvalue weighted by Crippen LogP contribution is 2.21. The Hall–Kier alpha value is -2.12. The number of ketones is 1. The van der Waals surface area contributed by atoms with E-state index in [4.69, 9.17) is 27.9 Å². The van der Waals surface area contributed by atoms with E-state index in [9.17, 15) is 19.2 Å².